The lowest BCUT2D eigenvalue weighted by atomic mass is 9.71. The van der Waals surface area contributed by atoms with Gasteiger partial charge in [0.05, 0.1) is 28.7 Å². The summed E-state index contributed by atoms with van der Waals surface area (Å²) >= 11 is 0. The van der Waals surface area contributed by atoms with E-state index in [1.54, 1.807) is 20.8 Å². The molecule has 9 atom stereocenters. The van der Waals surface area contributed by atoms with Crippen molar-refractivity contribution in [3.05, 3.63) is 23.9 Å². The molecule has 2 aliphatic heterocycles. The SMILES string of the molecule is CC(C)(C)[C@@H]1NC(=O)O[C@@H]2C[C@@H]3CC[C@@H]3[C@H]2CCCCC(F)(F)c2nc3ccc(OC(F)F)cc3nc2O[C@@H]2C[C@@H](C(=O)N[C@]3(C(=O)NS(=O)(=O)C4CC4)C[C@H]3C(F)F)N(C2)C1=O. The fourth-order valence-electron chi connectivity index (χ4n) is 9.77. The van der Waals surface area contributed by atoms with E-state index in [1.807, 2.05) is 4.72 Å². The average molecular weight is 917 g/mol. The molecule has 15 nitrogen and oxygen atoms in total. The van der Waals surface area contributed by atoms with E-state index in [1.165, 1.54) is 6.07 Å². The summed E-state index contributed by atoms with van der Waals surface area (Å²) in [6, 6.07) is 0.300. The van der Waals surface area contributed by atoms with E-state index in [0.717, 1.165) is 29.9 Å². The van der Waals surface area contributed by atoms with Crippen molar-refractivity contribution in [2.45, 2.75) is 145 Å². The highest BCUT2D eigenvalue weighted by molar-refractivity contribution is 7.91. The molecule has 1 aromatic heterocycles. The first-order valence-electron chi connectivity index (χ1n) is 21.3. The molecule has 1 aromatic carbocycles. The molecule has 5 fully saturated rings. The Balaban J connectivity index is 1.17. The zero-order chi connectivity index (χ0) is 45.4. The van der Waals surface area contributed by atoms with Gasteiger partial charge in [-0.3, -0.25) is 19.1 Å². The number of hydrogen-bond donors (Lipinski definition) is 3. The van der Waals surface area contributed by atoms with Gasteiger partial charge >= 0.3 is 12.7 Å². The average Bonchev–Trinajstić information content (AvgIpc) is 4.10. The number of carbonyl (C=O) groups excluding carboxylic acids is 4. The topological polar surface area (TPSA) is 195 Å². The van der Waals surface area contributed by atoms with Gasteiger partial charge in [-0.2, -0.15) is 17.6 Å². The highest BCUT2D eigenvalue weighted by Gasteiger charge is 2.67. The quantitative estimate of drug-likeness (QED) is 0.281. The van der Waals surface area contributed by atoms with Crippen LogP contribution >= 0.6 is 0 Å². The second-order valence-corrected chi connectivity index (χ2v) is 20.9. The van der Waals surface area contributed by atoms with Gasteiger partial charge in [0.15, 0.2) is 5.69 Å². The molecular formula is C41H50F6N6O9S. The number of nitrogens with one attached hydrogen (secondary N) is 3. The van der Waals surface area contributed by atoms with E-state index >= 15 is 8.78 Å². The minimum absolute atomic E-state index is 0.0249. The van der Waals surface area contributed by atoms with Crippen molar-refractivity contribution in [2.24, 2.45) is 29.1 Å². The number of carbonyl (C=O) groups is 4. The number of halogens is 6. The van der Waals surface area contributed by atoms with Crippen LogP contribution in [0.5, 0.6) is 11.6 Å². The lowest BCUT2D eigenvalue weighted by Gasteiger charge is -2.36. The van der Waals surface area contributed by atoms with Crippen LogP contribution in [0.15, 0.2) is 18.2 Å². The molecule has 4 saturated carbocycles. The van der Waals surface area contributed by atoms with Crippen molar-refractivity contribution >= 4 is 44.9 Å². The number of sulfonamides is 1. The maximum absolute atomic E-state index is 16.5. The predicted molar refractivity (Wildman–Crippen MR) is 209 cm³/mol. The van der Waals surface area contributed by atoms with Gasteiger partial charge < -0.3 is 29.7 Å². The monoisotopic (exact) mass is 916 g/mol. The van der Waals surface area contributed by atoms with Crippen LogP contribution in [0.3, 0.4) is 0 Å². The molecule has 2 aromatic rings. The summed E-state index contributed by atoms with van der Waals surface area (Å²) in [5.41, 5.74) is -4.60. The van der Waals surface area contributed by atoms with E-state index in [2.05, 4.69) is 25.3 Å². The first-order chi connectivity index (χ1) is 29.6. The zero-order valence-electron chi connectivity index (χ0n) is 34.8. The Labute approximate surface area is 359 Å². The fraction of sp³-hybridized carbons (Fsp3) is 0.707. The molecule has 22 heteroatoms. The molecule has 3 heterocycles. The van der Waals surface area contributed by atoms with Gasteiger partial charge in [0, 0.05) is 18.9 Å². The van der Waals surface area contributed by atoms with Crippen molar-refractivity contribution in [2.75, 3.05) is 6.54 Å². The molecule has 63 heavy (non-hydrogen) atoms. The molecule has 4 aliphatic carbocycles. The van der Waals surface area contributed by atoms with Crippen LogP contribution in [0.25, 0.3) is 11.0 Å². The number of amides is 4. The Hall–Kier alpha value is -4.63. The van der Waals surface area contributed by atoms with Gasteiger partial charge in [-0.25, -0.2) is 32.0 Å². The zero-order valence-corrected chi connectivity index (χ0v) is 35.6. The number of benzene rings is 1. The van der Waals surface area contributed by atoms with Crippen molar-refractivity contribution in [1.29, 1.82) is 0 Å². The van der Waals surface area contributed by atoms with Gasteiger partial charge in [0.25, 0.3) is 11.8 Å². The van der Waals surface area contributed by atoms with Gasteiger partial charge in [-0.1, -0.05) is 27.2 Å². The molecule has 8 rings (SSSR count). The van der Waals surface area contributed by atoms with Crippen molar-refractivity contribution < 1.29 is 68.1 Å². The molecule has 4 amide bonds. The summed E-state index contributed by atoms with van der Waals surface area (Å²) in [4.78, 5) is 65.7. The number of nitrogens with zero attached hydrogens (tertiary/aromatic N) is 3. The lowest BCUT2D eigenvalue weighted by Crippen LogP contribution is -2.60. The molecule has 346 valence electrons. The number of rotatable bonds is 8. The van der Waals surface area contributed by atoms with E-state index in [-0.39, 0.29) is 47.9 Å². The van der Waals surface area contributed by atoms with Gasteiger partial charge in [-0.05, 0) is 86.7 Å². The van der Waals surface area contributed by atoms with E-state index in [4.69, 9.17) is 9.47 Å². The second-order valence-electron chi connectivity index (χ2n) is 18.9. The molecule has 0 spiro atoms. The van der Waals surface area contributed by atoms with Crippen LogP contribution in [0.2, 0.25) is 0 Å². The summed E-state index contributed by atoms with van der Waals surface area (Å²) in [5.74, 6) is -9.55. The molecule has 1 saturated heterocycles. The summed E-state index contributed by atoms with van der Waals surface area (Å²) in [7, 11) is -4.25. The first-order valence-corrected chi connectivity index (χ1v) is 22.9. The molecule has 3 N–H and O–H groups in total. The number of alkyl halides is 6. The number of ether oxygens (including phenoxy) is 3. The standard InChI is InChI=1S/C41H50F6N6O9S/c1-39(2,3)31-35(55)53-18-21(16-28(53)33(54)51-40(17-25(40)32(42)43)36(56)52-63(58,59)22-9-10-22)60-34-30(48-26-12-8-20(61-37(44)45)15-27(26)49-34)41(46,47)13-5-4-6-24-23-11-7-19(23)14-29(24)62-38(57)50-31/h8,12,15,19,21-25,28-29,31-32,37H,4-7,9-11,13-14,16-18H2,1-3H3,(H,50,57)(H,51,54)(H,52,56)/t19-,21+,23-,24+,25-,28-,29+,31+,40+/m0/s1. The van der Waals surface area contributed by atoms with Crippen LogP contribution in [0.1, 0.15) is 97.1 Å². The maximum Gasteiger partial charge on any atom is 0.408 e. The van der Waals surface area contributed by atoms with Crippen LogP contribution in [0.4, 0.5) is 31.1 Å². The Morgan fingerprint density at radius 3 is 2.35 bits per heavy atom. The van der Waals surface area contributed by atoms with Crippen LogP contribution < -0.4 is 24.8 Å². The third-order valence-corrected chi connectivity index (χ3v) is 15.3. The van der Waals surface area contributed by atoms with Crippen LogP contribution in [-0.4, -0.2) is 102 Å². The lowest BCUT2D eigenvalue weighted by molar-refractivity contribution is -0.143. The van der Waals surface area contributed by atoms with E-state index in [9.17, 15) is 45.2 Å². The number of hydrogen-bond acceptors (Lipinski definition) is 11. The molecule has 6 aliphatic rings. The summed E-state index contributed by atoms with van der Waals surface area (Å²) in [6.07, 6.45) is -4.05. The first kappa shape index (κ1) is 45.0. The summed E-state index contributed by atoms with van der Waals surface area (Å²) in [5, 5.41) is 4.08. The molecule has 0 radical (unpaired) electrons. The van der Waals surface area contributed by atoms with E-state index < -0.39 is 137 Å². The number of aromatic nitrogens is 2. The Morgan fingerprint density at radius 1 is 0.968 bits per heavy atom. The molecular weight excluding hydrogens is 867 g/mol. The smallest absolute Gasteiger partial charge is 0.408 e. The van der Waals surface area contributed by atoms with Crippen molar-refractivity contribution in [3.63, 3.8) is 0 Å². The predicted octanol–water partition coefficient (Wildman–Crippen LogP) is 5.55. The fourth-order valence-corrected chi connectivity index (χ4v) is 11.1. The van der Waals surface area contributed by atoms with Gasteiger partial charge in [0.1, 0.15) is 35.6 Å². The van der Waals surface area contributed by atoms with Gasteiger partial charge in [0.2, 0.25) is 34.1 Å². The highest BCUT2D eigenvalue weighted by Crippen LogP contribution is 2.53. The Bertz CT molecular complexity index is 2260. The van der Waals surface area contributed by atoms with E-state index in [0.29, 0.717) is 25.2 Å². The third-order valence-electron chi connectivity index (χ3n) is 13.5. The molecule has 0 unspecified atom stereocenters. The minimum Gasteiger partial charge on any atom is -0.471 e. The highest BCUT2D eigenvalue weighted by atomic mass is 32.2. The maximum atomic E-state index is 16.5. The van der Waals surface area contributed by atoms with Crippen LogP contribution in [-0.2, 0) is 35.1 Å². The normalized spacial score (nSPS) is 32.2. The number of alkyl carbamates (subject to hydrolysis) is 1. The van der Waals surface area contributed by atoms with Crippen molar-refractivity contribution in [1.82, 2.24) is 30.2 Å². The van der Waals surface area contributed by atoms with Gasteiger partial charge in [-0.15, -0.1) is 0 Å². The van der Waals surface area contributed by atoms with Crippen molar-refractivity contribution in [3.8, 4) is 11.6 Å². The summed E-state index contributed by atoms with van der Waals surface area (Å²) < 4.78 is 131. The second kappa shape index (κ2) is 16.4. The Morgan fingerprint density at radius 2 is 1.71 bits per heavy atom. The Kier molecular flexibility index (Phi) is 11.7. The third kappa shape index (κ3) is 9.06. The summed E-state index contributed by atoms with van der Waals surface area (Å²) in [6.45, 7) is 1.18. The minimum atomic E-state index is -4.25. The number of fused-ring (bicyclic) bond motifs is 7. The van der Waals surface area contributed by atoms with Crippen LogP contribution in [0, 0.1) is 29.1 Å². The largest absolute Gasteiger partial charge is 0.471 e. The molecule has 2 bridgehead atoms.